The van der Waals surface area contributed by atoms with Crippen LogP contribution in [0, 0.1) is 0 Å². The van der Waals surface area contributed by atoms with Gasteiger partial charge in [-0.2, -0.15) is 0 Å². The normalized spacial score (nSPS) is 21.1. The Kier molecular flexibility index (Phi) is 13.9. The molecule has 1 N–H and O–H groups in total. The Morgan fingerprint density at radius 3 is 1.38 bits per heavy atom. The van der Waals surface area contributed by atoms with Crippen LogP contribution in [0.1, 0.15) is 114 Å². The van der Waals surface area contributed by atoms with Crippen molar-refractivity contribution in [2.75, 3.05) is 9.91 Å². The van der Waals surface area contributed by atoms with Gasteiger partial charge in [-0.3, -0.25) is 0 Å². The van der Waals surface area contributed by atoms with E-state index in [4.69, 9.17) is 19.4 Å². The minimum absolute atomic E-state index is 0.0465. The Morgan fingerprint density at radius 1 is 0.519 bits per heavy atom. The van der Waals surface area contributed by atoms with Crippen LogP contribution >= 0.6 is 27.3 Å². The zero-order valence-electron chi connectivity index (χ0n) is 30.5. The van der Waals surface area contributed by atoms with Crippen molar-refractivity contribution in [3.63, 3.8) is 0 Å². The summed E-state index contributed by atoms with van der Waals surface area (Å²) in [4.78, 5) is 2.24. The second-order valence-corrected chi connectivity index (χ2v) is 27.7. The van der Waals surface area contributed by atoms with Crippen LogP contribution in [0.3, 0.4) is 0 Å². The van der Waals surface area contributed by atoms with E-state index in [2.05, 4.69) is 68.5 Å². The fourth-order valence-electron chi connectivity index (χ4n) is 9.14. The zero-order chi connectivity index (χ0) is 35.6. The molecule has 4 aromatic carbocycles. The summed E-state index contributed by atoms with van der Waals surface area (Å²) in [5.41, 5.74) is 11.5. The number of para-hydroxylation sites is 2. The first-order chi connectivity index (χ1) is 25.6. The first kappa shape index (κ1) is 38.1. The van der Waals surface area contributed by atoms with Gasteiger partial charge in [0.2, 0.25) is 0 Å². The van der Waals surface area contributed by atoms with Crippen molar-refractivity contribution in [2.24, 2.45) is 0 Å². The number of halogens is 2. The molecule has 1 aliphatic heterocycles. The van der Waals surface area contributed by atoms with Crippen molar-refractivity contribution in [1.82, 2.24) is 5.43 Å². The number of hydrogen-bond donors (Lipinski definition) is 1. The number of nitrogens with zero attached hydrogens (tertiary/aromatic N) is 2. The van der Waals surface area contributed by atoms with E-state index in [0.717, 1.165) is 26.9 Å². The van der Waals surface area contributed by atoms with Crippen molar-refractivity contribution in [3.8, 4) is 0 Å². The molecule has 0 spiro atoms. The third-order valence-electron chi connectivity index (χ3n) is 11.5. The van der Waals surface area contributed by atoms with Gasteiger partial charge in [0.15, 0.2) is 0 Å². The van der Waals surface area contributed by atoms with Crippen LogP contribution in [0.4, 0.5) is 11.4 Å². The van der Waals surface area contributed by atoms with E-state index in [0.29, 0.717) is 0 Å². The minimum atomic E-state index is -3.56. The van der Waals surface area contributed by atoms with Gasteiger partial charge in [0, 0.05) is 7.92 Å². The number of hydrazine groups is 1. The molecule has 1 saturated heterocycles. The van der Waals surface area contributed by atoms with Gasteiger partial charge in [0.25, 0.3) is 0 Å². The molecule has 8 rings (SSSR count). The average Bonchev–Trinajstić information content (AvgIpc) is 3.63. The van der Waals surface area contributed by atoms with Gasteiger partial charge in [-0.25, -0.2) is 0 Å². The number of benzene rings is 4. The molecule has 4 fully saturated rings. The number of anilines is 2. The van der Waals surface area contributed by atoms with Gasteiger partial charge in [0.1, 0.15) is 0 Å². The molecule has 3 nitrogen and oxygen atoms in total. The first-order valence-electron chi connectivity index (χ1n) is 19.8. The second-order valence-electron chi connectivity index (χ2n) is 15.0. The summed E-state index contributed by atoms with van der Waals surface area (Å²) >= 11 is -3.56. The van der Waals surface area contributed by atoms with Crippen molar-refractivity contribution in [3.05, 3.63) is 132 Å². The summed E-state index contributed by atoms with van der Waals surface area (Å²) in [7, 11) is 14.6. The number of rotatable bonds is 7. The summed E-state index contributed by atoms with van der Waals surface area (Å²) in [5, 5.41) is 2.07. The van der Waals surface area contributed by atoms with Crippen LogP contribution in [0.5, 0.6) is 0 Å². The number of nitrogens with one attached hydrogen (secondary N) is 1. The first-order valence-corrected chi connectivity index (χ1v) is 27.9. The molecular weight excluding hydrogens is 785 g/mol. The van der Waals surface area contributed by atoms with E-state index in [9.17, 15) is 0 Å². The van der Waals surface area contributed by atoms with E-state index < -0.39 is 11.9 Å². The molecule has 1 heterocycles. The summed E-state index contributed by atoms with van der Waals surface area (Å²) in [6.07, 6.45) is 23.6. The molecular formula is C45H57Cl2N3PRu+. The van der Waals surface area contributed by atoms with Crippen LogP contribution in [0.25, 0.3) is 0 Å². The van der Waals surface area contributed by atoms with Gasteiger partial charge in [-0.1, -0.05) is 19.3 Å². The van der Waals surface area contributed by atoms with Gasteiger partial charge >= 0.3 is 206 Å². The molecule has 52 heavy (non-hydrogen) atoms. The van der Waals surface area contributed by atoms with Gasteiger partial charge in [-0.15, -0.1) is 0 Å². The second kappa shape index (κ2) is 18.9. The SMILES string of the molecule is C1CCC([PH+](C2CCCCC2)C2CCCCC2)CC1.[Cl][Ru]([Cl])(=[CH]c1ccccc1)=[C]1N(c2ccccc2)NC(c2ccccc2)N1c1ccccc1. The third kappa shape index (κ3) is 9.54. The van der Waals surface area contributed by atoms with E-state index in [1.165, 1.54) is 17.0 Å². The molecule has 278 valence electrons. The standard InChI is InChI=1S/C20H17N3.C18H33P.C7H6.2ClH.Ru/c1-4-10-17(11-5-1)20-21-23(19-14-8-3-9-15-19)16-22(20)18-12-6-2-7-13-18;1-4-10-16(11-5-1)19(17-12-6-2-7-13-17)18-14-8-3-9-15-18;1-7-5-3-2-4-6-7;;;/h1-15,20-21H;16-18H,1-15H2;1-6H;2*1H;/q;;;;;+2/p-1. The molecule has 0 aromatic heterocycles. The monoisotopic (exact) mass is 842 g/mol. The molecule has 0 bridgehead atoms. The molecule has 1 unspecified atom stereocenters. The van der Waals surface area contributed by atoms with Crippen molar-refractivity contribution < 1.29 is 11.9 Å². The molecule has 4 aromatic rings. The molecule has 3 saturated carbocycles. The van der Waals surface area contributed by atoms with Crippen molar-refractivity contribution in [1.29, 1.82) is 0 Å². The number of hydrogen-bond acceptors (Lipinski definition) is 3. The molecule has 7 heteroatoms. The summed E-state index contributed by atoms with van der Waals surface area (Å²) in [6, 6.07) is 40.9. The molecule has 0 radical (unpaired) electrons. The topological polar surface area (TPSA) is 18.5 Å². The summed E-state index contributed by atoms with van der Waals surface area (Å²) in [6.45, 7) is 0. The fourth-order valence-corrected chi connectivity index (χ4v) is 20.0. The Labute approximate surface area is 324 Å². The zero-order valence-corrected chi connectivity index (χ0v) is 34.8. The Balaban J connectivity index is 0.000000187. The third-order valence-corrected chi connectivity index (χ3v) is 21.5. The van der Waals surface area contributed by atoms with E-state index in [1.54, 1.807) is 96.3 Å². The maximum atomic E-state index is 7.34. The van der Waals surface area contributed by atoms with Crippen LogP contribution in [-0.4, -0.2) is 25.9 Å². The molecule has 1 atom stereocenters. The van der Waals surface area contributed by atoms with Crippen molar-refractivity contribution >= 4 is 47.6 Å². The van der Waals surface area contributed by atoms with Crippen LogP contribution in [-0.2, 0) is 11.9 Å². The quantitative estimate of drug-likeness (QED) is 0.148. The molecule has 0 amide bonds. The maximum absolute atomic E-state index is 7.34. The van der Waals surface area contributed by atoms with Gasteiger partial charge < -0.3 is 0 Å². The van der Waals surface area contributed by atoms with Gasteiger partial charge in [-0.05, 0) is 77.0 Å². The molecule has 4 aliphatic rings. The van der Waals surface area contributed by atoms with Crippen LogP contribution in [0.15, 0.2) is 121 Å². The summed E-state index contributed by atoms with van der Waals surface area (Å²) < 4.78 is 2.93. The average molecular weight is 843 g/mol. The van der Waals surface area contributed by atoms with Gasteiger partial charge in [0.05, 0.1) is 17.0 Å². The fraction of sp³-hybridized carbons (Fsp3) is 0.422. The Morgan fingerprint density at radius 2 is 0.923 bits per heavy atom. The summed E-state index contributed by atoms with van der Waals surface area (Å²) in [5.74, 6) is 0. The Hall–Kier alpha value is -2.19. The van der Waals surface area contributed by atoms with E-state index in [1.807, 2.05) is 72.8 Å². The van der Waals surface area contributed by atoms with E-state index in [-0.39, 0.29) is 14.1 Å². The van der Waals surface area contributed by atoms with Crippen LogP contribution in [0.2, 0.25) is 0 Å². The van der Waals surface area contributed by atoms with Crippen LogP contribution < -0.4 is 15.3 Å². The van der Waals surface area contributed by atoms with Crippen molar-refractivity contribution in [2.45, 2.75) is 119 Å². The Bertz CT molecular complexity index is 1730. The molecule has 3 aliphatic carbocycles. The predicted molar refractivity (Wildman–Crippen MR) is 227 cm³/mol. The predicted octanol–water partition coefficient (Wildman–Crippen LogP) is 12.8. The van der Waals surface area contributed by atoms with E-state index >= 15 is 0 Å².